The molecule has 1 amide bonds. The molecule has 1 aromatic heterocycles. The number of aromatic nitrogens is 2. The third kappa shape index (κ3) is 1.88. The zero-order valence-corrected chi connectivity index (χ0v) is 10.8. The van der Waals surface area contributed by atoms with E-state index in [0.29, 0.717) is 17.1 Å². The van der Waals surface area contributed by atoms with Crippen LogP contribution in [0.5, 0.6) is 0 Å². The second-order valence-electron chi connectivity index (χ2n) is 4.74. The van der Waals surface area contributed by atoms with Crippen molar-refractivity contribution < 1.29 is 4.79 Å². The molecule has 1 aromatic carbocycles. The molecule has 2 aromatic rings. The minimum Gasteiger partial charge on any atom is -0.369 e. The van der Waals surface area contributed by atoms with Crippen molar-refractivity contribution >= 4 is 17.5 Å². The van der Waals surface area contributed by atoms with Crippen molar-refractivity contribution in [3.05, 3.63) is 59.1 Å². The van der Waals surface area contributed by atoms with Gasteiger partial charge in [-0.15, -0.1) is 0 Å². The van der Waals surface area contributed by atoms with Crippen LogP contribution in [0.3, 0.4) is 0 Å². The molecule has 0 aliphatic heterocycles. The average Bonchev–Trinajstić information content (AvgIpc) is 3.16. The lowest BCUT2D eigenvalue weighted by Gasteiger charge is -2.12. The molecule has 1 fully saturated rings. The van der Waals surface area contributed by atoms with Gasteiger partial charge in [0.1, 0.15) is 6.33 Å². The standard InChI is InChI=1S/C14H12ClN3O/c15-10-3-1-2-9(6-10)11-7-14(11,13(16)19)12-4-5-17-8-18-12/h1-6,8,11H,7H2,(H2,16,19). The molecule has 2 atom stereocenters. The Morgan fingerprint density at radius 3 is 2.89 bits per heavy atom. The number of nitrogens with zero attached hydrogens (tertiary/aromatic N) is 2. The Bertz CT molecular complexity index is 632. The summed E-state index contributed by atoms with van der Waals surface area (Å²) in [5.41, 5.74) is 6.58. The molecule has 3 rings (SSSR count). The molecule has 1 saturated carbocycles. The third-order valence-corrected chi connectivity index (χ3v) is 3.93. The van der Waals surface area contributed by atoms with E-state index in [1.165, 1.54) is 6.33 Å². The smallest absolute Gasteiger partial charge is 0.230 e. The summed E-state index contributed by atoms with van der Waals surface area (Å²) in [6, 6.07) is 9.27. The van der Waals surface area contributed by atoms with E-state index < -0.39 is 5.41 Å². The van der Waals surface area contributed by atoms with Gasteiger partial charge in [0.2, 0.25) is 5.91 Å². The minimum absolute atomic E-state index is 0.0404. The molecule has 4 nitrogen and oxygen atoms in total. The molecular weight excluding hydrogens is 262 g/mol. The van der Waals surface area contributed by atoms with E-state index in [1.807, 2.05) is 24.3 Å². The second kappa shape index (κ2) is 4.31. The first-order valence-corrected chi connectivity index (χ1v) is 6.34. The maximum Gasteiger partial charge on any atom is 0.230 e. The van der Waals surface area contributed by atoms with Gasteiger partial charge in [0.15, 0.2) is 0 Å². The Balaban J connectivity index is 2.02. The lowest BCUT2D eigenvalue weighted by molar-refractivity contribution is -0.120. The first-order valence-electron chi connectivity index (χ1n) is 5.96. The van der Waals surface area contributed by atoms with Crippen molar-refractivity contribution in [1.29, 1.82) is 0 Å². The van der Waals surface area contributed by atoms with Gasteiger partial charge in [-0.1, -0.05) is 23.7 Å². The number of carbonyl (C=O) groups is 1. The van der Waals surface area contributed by atoms with Gasteiger partial charge in [-0.3, -0.25) is 4.79 Å². The number of benzene rings is 1. The quantitative estimate of drug-likeness (QED) is 0.930. The van der Waals surface area contributed by atoms with Crippen molar-refractivity contribution in [1.82, 2.24) is 9.97 Å². The van der Waals surface area contributed by atoms with Gasteiger partial charge in [-0.25, -0.2) is 9.97 Å². The largest absolute Gasteiger partial charge is 0.369 e. The van der Waals surface area contributed by atoms with E-state index in [9.17, 15) is 4.79 Å². The highest BCUT2D eigenvalue weighted by Crippen LogP contribution is 2.59. The number of hydrogen-bond acceptors (Lipinski definition) is 3. The van der Waals surface area contributed by atoms with E-state index in [1.54, 1.807) is 12.3 Å². The maximum atomic E-state index is 11.9. The number of halogens is 1. The van der Waals surface area contributed by atoms with Crippen molar-refractivity contribution in [3.8, 4) is 0 Å². The molecule has 2 unspecified atom stereocenters. The highest BCUT2D eigenvalue weighted by Gasteiger charge is 2.61. The summed E-state index contributed by atoms with van der Waals surface area (Å²) in [6.07, 6.45) is 3.73. The van der Waals surface area contributed by atoms with Crippen molar-refractivity contribution in [3.63, 3.8) is 0 Å². The maximum absolute atomic E-state index is 11.9. The molecule has 0 bridgehead atoms. The van der Waals surface area contributed by atoms with Gasteiger partial charge in [0.25, 0.3) is 0 Å². The monoisotopic (exact) mass is 273 g/mol. The van der Waals surface area contributed by atoms with Crippen LogP contribution in [0.4, 0.5) is 0 Å². The number of amides is 1. The van der Waals surface area contributed by atoms with Crippen LogP contribution in [0.15, 0.2) is 42.9 Å². The number of hydrogen-bond donors (Lipinski definition) is 1. The van der Waals surface area contributed by atoms with Crippen molar-refractivity contribution in [2.24, 2.45) is 5.73 Å². The van der Waals surface area contributed by atoms with Crippen LogP contribution in [-0.2, 0) is 10.2 Å². The lowest BCUT2D eigenvalue weighted by atomic mass is 9.94. The molecule has 0 spiro atoms. The summed E-state index contributed by atoms with van der Waals surface area (Å²) < 4.78 is 0. The van der Waals surface area contributed by atoms with Gasteiger partial charge in [0.05, 0.1) is 11.1 Å². The van der Waals surface area contributed by atoms with Crippen LogP contribution >= 0.6 is 11.6 Å². The zero-order chi connectivity index (χ0) is 13.5. The van der Waals surface area contributed by atoms with Gasteiger partial charge in [-0.05, 0) is 30.2 Å². The Hall–Kier alpha value is -1.94. The Labute approximate surface area is 115 Å². The summed E-state index contributed by atoms with van der Waals surface area (Å²) in [5, 5.41) is 0.658. The van der Waals surface area contributed by atoms with Crippen molar-refractivity contribution in [2.75, 3.05) is 0 Å². The predicted molar refractivity (Wildman–Crippen MR) is 71.7 cm³/mol. The molecule has 1 aliphatic carbocycles. The van der Waals surface area contributed by atoms with E-state index >= 15 is 0 Å². The molecule has 2 N–H and O–H groups in total. The summed E-state index contributed by atoms with van der Waals surface area (Å²) in [6.45, 7) is 0. The highest BCUT2D eigenvalue weighted by molar-refractivity contribution is 6.30. The first kappa shape index (κ1) is 12.1. The molecular formula is C14H12ClN3O. The summed E-state index contributed by atoms with van der Waals surface area (Å²) in [4.78, 5) is 19.9. The topological polar surface area (TPSA) is 68.9 Å². The third-order valence-electron chi connectivity index (χ3n) is 3.69. The van der Waals surface area contributed by atoms with Crippen LogP contribution in [0, 0.1) is 0 Å². The molecule has 1 aliphatic rings. The molecule has 5 heteroatoms. The van der Waals surface area contributed by atoms with Gasteiger partial charge < -0.3 is 5.73 Å². The zero-order valence-electron chi connectivity index (χ0n) is 10.1. The molecule has 0 radical (unpaired) electrons. The van der Waals surface area contributed by atoms with E-state index in [4.69, 9.17) is 17.3 Å². The predicted octanol–water partition coefficient (Wildman–Crippen LogP) is 2.04. The Morgan fingerprint density at radius 1 is 1.42 bits per heavy atom. The number of primary amides is 1. The van der Waals surface area contributed by atoms with Crippen LogP contribution in [0.2, 0.25) is 5.02 Å². The van der Waals surface area contributed by atoms with E-state index in [0.717, 1.165) is 5.56 Å². The fourth-order valence-corrected chi connectivity index (χ4v) is 2.82. The summed E-state index contributed by atoms with van der Waals surface area (Å²) in [5.74, 6) is -0.310. The van der Waals surface area contributed by atoms with E-state index in [-0.39, 0.29) is 11.8 Å². The second-order valence-corrected chi connectivity index (χ2v) is 5.18. The SMILES string of the molecule is NC(=O)C1(c2ccncn2)CC1c1cccc(Cl)c1. The Kier molecular flexibility index (Phi) is 2.75. The van der Waals surface area contributed by atoms with Crippen molar-refractivity contribution in [2.45, 2.75) is 17.8 Å². The van der Waals surface area contributed by atoms with Crippen LogP contribution in [0.25, 0.3) is 0 Å². The van der Waals surface area contributed by atoms with E-state index in [2.05, 4.69) is 9.97 Å². The lowest BCUT2D eigenvalue weighted by Crippen LogP contribution is -2.31. The summed E-state index contributed by atoms with van der Waals surface area (Å²) >= 11 is 5.99. The molecule has 19 heavy (non-hydrogen) atoms. The fraction of sp³-hybridized carbons (Fsp3) is 0.214. The highest BCUT2D eigenvalue weighted by atomic mass is 35.5. The molecule has 0 saturated heterocycles. The molecule has 96 valence electrons. The van der Waals surface area contributed by atoms with Gasteiger partial charge in [0, 0.05) is 17.1 Å². The van der Waals surface area contributed by atoms with Gasteiger partial charge in [-0.2, -0.15) is 0 Å². The fourth-order valence-electron chi connectivity index (χ4n) is 2.62. The number of nitrogens with two attached hydrogens (primary N) is 1. The van der Waals surface area contributed by atoms with Crippen LogP contribution in [0.1, 0.15) is 23.6 Å². The normalized spacial score (nSPS) is 25.0. The average molecular weight is 274 g/mol. The molecule has 1 heterocycles. The Morgan fingerprint density at radius 2 is 2.26 bits per heavy atom. The first-order chi connectivity index (χ1) is 9.14. The van der Waals surface area contributed by atoms with Crippen LogP contribution < -0.4 is 5.73 Å². The van der Waals surface area contributed by atoms with Gasteiger partial charge >= 0.3 is 0 Å². The summed E-state index contributed by atoms with van der Waals surface area (Å²) in [7, 11) is 0. The number of rotatable bonds is 3. The van der Waals surface area contributed by atoms with Crippen LogP contribution in [-0.4, -0.2) is 15.9 Å². The number of carbonyl (C=O) groups excluding carboxylic acids is 1. The minimum atomic E-state index is -0.715.